The molecule has 1 amide bonds. The second kappa shape index (κ2) is 8.22. The number of nitrogens with zero attached hydrogens (tertiary/aromatic N) is 2. The predicted octanol–water partition coefficient (Wildman–Crippen LogP) is 3.69. The minimum Gasteiger partial charge on any atom is -0.497 e. The Morgan fingerprint density at radius 3 is 2.25 bits per heavy atom. The van der Waals surface area contributed by atoms with Crippen LogP contribution in [-0.2, 0) is 16.4 Å². The number of ether oxygens (including phenoxy) is 1. The second-order valence-electron chi connectivity index (χ2n) is 6.01. The smallest absolute Gasteiger partial charge is 0.273 e. The summed E-state index contributed by atoms with van der Waals surface area (Å²) in [7, 11) is -2.62. The van der Waals surface area contributed by atoms with E-state index in [2.05, 4.69) is 4.98 Å². The largest absolute Gasteiger partial charge is 0.497 e. The van der Waals surface area contributed by atoms with E-state index in [1.54, 1.807) is 30.3 Å². The summed E-state index contributed by atoms with van der Waals surface area (Å²) >= 11 is 0. The fraction of sp³-hybridized carbons (Fsp3) is 0.143. The number of pyridine rings is 1. The van der Waals surface area contributed by atoms with Gasteiger partial charge in [-0.05, 0) is 60.5 Å². The first kappa shape index (κ1) is 19.6. The van der Waals surface area contributed by atoms with Crippen molar-refractivity contribution in [1.29, 1.82) is 0 Å². The fourth-order valence-electron chi connectivity index (χ4n) is 2.69. The molecule has 2 aromatic carbocycles. The molecule has 0 unspecified atom stereocenters. The molecule has 0 aliphatic rings. The summed E-state index contributed by atoms with van der Waals surface area (Å²) in [6.07, 6.45) is 3.65. The van der Waals surface area contributed by atoms with Gasteiger partial charge in [-0.15, -0.1) is 0 Å². The average molecular weight is 396 g/mol. The van der Waals surface area contributed by atoms with Gasteiger partial charge < -0.3 is 4.74 Å². The molecule has 7 heteroatoms. The van der Waals surface area contributed by atoms with E-state index in [9.17, 15) is 13.2 Å². The normalized spacial score (nSPS) is 11.1. The third-order valence-electron chi connectivity index (χ3n) is 4.27. The Morgan fingerprint density at radius 1 is 1.04 bits per heavy atom. The van der Waals surface area contributed by atoms with Crippen molar-refractivity contribution in [2.45, 2.75) is 18.2 Å². The van der Waals surface area contributed by atoms with Crippen LogP contribution < -0.4 is 9.04 Å². The fourth-order valence-corrected chi connectivity index (χ4v) is 4.11. The van der Waals surface area contributed by atoms with E-state index in [0.717, 1.165) is 16.3 Å². The quantitative estimate of drug-likeness (QED) is 0.635. The van der Waals surface area contributed by atoms with Gasteiger partial charge in [0.2, 0.25) is 0 Å². The van der Waals surface area contributed by atoms with Crippen molar-refractivity contribution < 1.29 is 17.9 Å². The van der Waals surface area contributed by atoms with E-state index in [1.165, 1.54) is 49.8 Å². The Bertz CT molecular complexity index is 1050. The molecule has 0 bridgehead atoms. The second-order valence-corrected chi connectivity index (χ2v) is 7.80. The maximum atomic E-state index is 13.4. The zero-order valence-corrected chi connectivity index (χ0v) is 16.4. The van der Waals surface area contributed by atoms with Gasteiger partial charge in [-0.2, -0.15) is 4.31 Å². The predicted molar refractivity (Wildman–Crippen MR) is 107 cm³/mol. The van der Waals surface area contributed by atoms with Crippen LogP contribution in [0.4, 0.5) is 5.69 Å². The number of anilines is 1. The van der Waals surface area contributed by atoms with E-state index in [1.807, 2.05) is 6.92 Å². The molecule has 0 saturated carbocycles. The number of carbonyl (C=O) groups excluding carboxylic acids is 1. The summed E-state index contributed by atoms with van der Waals surface area (Å²) in [4.78, 5) is 17.1. The number of hydrogen-bond acceptors (Lipinski definition) is 5. The highest BCUT2D eigenvalue weighted by Gasteiger charge is 2.32. The van der Waals surface area contributed by atoms with Gasteiger partial charge >= 0.3 is 0 Å². The van der Waals surface area contributed by atoms with Crippen molar-refractivity contribution in [2.75, 3.05) is 11.4 Å². The highest BCUT2D eigenvalue weighted by atomic mass is 32.2. The van der Waals surface area contributed by atoms with Crippen LogP contribution in [0.15, 0.2) is 78.0 Å². The van der Waals surface area contributed by atoms with E-state index < -0.39 is 15.9 Å². The number of carbonyl (C=O) groups is 1. The standard InChI is InChI=1S/C21H20N2O4S/c1-3-16-6-12-20(13-7-16)28(25,26)23(18-8-10-19(27-2)11-9-18)21(24)17-5-4-14-22-15-17/h4-15H,3H2,1-2H3. The van der Waals surface area contributed by atoms with Crippen LogP contribution in [0.1, 0.15) is 22.8 Å². The van der Waals surface area contributed by atoms with Crippen LogP contribution in [0.2, 0.25) is 0 Å². The first-order chi connectivity index (χ1) is 13.5. The molecule has 0 saturated heterocycles. The van der Waals surface area contributed by atoms with Crippen LogP contribution in [0.5, 0.6) is 5.75 Å². The SMILES string of the molecule is CCc1ccc(S(=O)(=O)N(C(=O)c2cccnc2)c2ccc(OC)cc2)cc1. The average Bonchev–Trinajstić information content (AvgIpc) is 2.75. The highest BCUT2D eigenvalue weighted by Crippen LogP contribution is 2.28. The lowest BCUT2D eigenvalue weighted by molar-refractivity contribution is 0.100. The summed E-state index contributed by atoms with van der Waals surface area (Å²) in [6, 6.07) is 15.9. The summed E-state index contributed by atoms with van der Waals surface area (Å²) in [5.74, 6) is -0.125. The Hall–Kier alpha value is -3.19. The first-order valence-corrected chi connectivity index (χ1v) is 10.1. The van der Waals surface area contributed by atoms with E-state index >= 15 is 0 Å². The molecule has 0 atom stereocenters. The minimum absolute atomic E-state index is 0.0396. The molecule has 0 radical (unpaired) electrons. The van der Waals surface area contributed by atoms with Gasteiger partial charge in [-0.3, -0.25) is 9.78 Å². The highest BCUT2D eigenvalue weighted by molar-refractivity contribution is 7.93. The van der Waals surface area contributed by atoms with Crippen molar-refractivity contribution >= 4 is 21.6 Å². The lowest BCUT2D eigenvalue weighted by Crippen LogP contribution is -2.37. The number of aryl methyl sites for hydroxylation is 1. The Balaban J connectivity index is 2.12. The van der Waals surface area contributed by atoms with Gasteiger partial charge in [-0.1, -0.05) is 19.1 Å². The topological polar surface area (TPSA) is 76.6 Å². The number of amides is 1. The maximum absolute atomic E-state index is 13.4. The molecule has 0 spiro atoms. The van der Waals surface area contributed by atoms with Crippen molar-refractivity contribution in [2.24, 2.45) is 0 Å². The van der Waals surface area contributed by atoms with E-state index in [4.69, 9.17) is 4.74 Å². The summed E-state index contributed by atoms with van der Waals surface area (Å²) in [6.45, 7) is 1.99. The first-order valence-electron chi connectivity index (χ1n) is 8.70. The Kier molecular flexibility index (Phi) is 5.75. The molecule has 0 N–H and O–H groups in total. The molecular formula is C21H20N2O4S. The molecule has 144 valence electrons. The van der Waals surface area contributed by atoms with Gasteiger partial charge in [0.1, 0.15) is 5.75 Å². The van der Waals surface area contributed by atoms with Crippen LogP contribution in [0.25, 0.3) is 0 Å². The zero-order valence-electron chi connectivity index (χ0n) is 15.6. The van der Waals surface area contributed by atoms with Gasteiger partial charge in [0.05, 0.1) is 23.3 Å². The van der Waals surface area contributed by atoms with Gasteiger partial charge in [0.25, 0.3) is 15.9 Å². The number of aromatic nitrogens is 1. The summed E-state index contributed by atoms with van der Waals surface area (Å²) in [5, 5.41) is 0. The van der Waals surface area contributed by atoms with Crippen LogP contribution >= 0.6 is 0 Å². The van der Waals surface area contributed by atoms with E-state index in [0.29, 0.717) is 5.75 Å². The van der Waals surface area contributed by atoms with Crippen molar-refractivity contribution in [3.8, 4) is 5.75 Å². The molecular weight excluding hydrogens is 376 g/mol. The monoisotopic (exact) mass is 396 g/mol. The number of benzene rings is 2. The van der Waals surface area contributed by atoms with Crippen molar-refractivity contribution in [3.63, 3.8) is 0 Å². The molecule has 3 rings (SSSR count). The number of methoxy groups -OCH3 is 1. The molecule has 3 aromatic rings. The van der Waals surface area contributed by atoms with Gasteiger partial charge in [0.15, 0.2) is 0 Å². The Labute approximate surface area is 164 Å². The van der Waals surface area contributed by atoms with Crippen molar-refractivity contribution in [1.82, 2.24) is 4.98 Å². The molecule has 1 aromatic heterocycles. The minimum atomic E-state index is -4.13. The third-order valence-corrected chi connectivity index (χ3v) is 5.99. The Morgan fingerprint density at radius 2 is 1.71 bits per heavy atom. The molecule has 6 nitrogen and oxygen atoms in total. The summed E-state index contributed by atoms with van der Waals surface area (Å²) in [5.41, 5.74) is 1.40. The zero-order chi connectivity index (χ0) is 20.1. The van der Waals surface area contributed by atoms with Crippen LogP contribution in [-0.4, -0.2) is 26.4 Å². The van der Waals surface area contributed by atoms with E-state index in [-0.39, 0.29) is 16.1 Å². The molecule has 28 heavy (non-hydrogen) atoms. The molecule has 0 aliphatic carbocycles. The molecule has 0 fully saturated rings. The number of sulfonamides is 1. The lowest BCUT2D eigenvalue weighted by atomic mass is 10.2. The van der Waals surface area contributed by atoms with Crippen LogP contribution in [0.3, 0.4) is 0 Å². The number of rotatable bonds is 6. The molecule has 1 heterocycles. The third kappa shape index (κ3) is 3.89. The maximum Gasteiger partial charge on any atom is 0.273 e. The van der Waals surface area contributed by atoms with Gasteiger partial charge in [0, 0.05) is 12.4 Å². The van der Waals surface area contributed by atoms with Crippen LogP contribution in [0, 0.1) is 0 Å². The lowest BCUT2D eigenvalue weighted by Gasteiger charge is -2.23. The van der Waals surface area contributed by atoms with Gasteiger partial charge in [-0.25, -0.2) is 8.42 Å². The number of hydrogen-bond donors (Lipinski definition) is 0. The summed E-state index contributed by atoms with van der Waals surface area (Å²) < 4.78 is 32.6. The molecule has 0 aliphatic heterocycles. The van der Waals surface area contributed by atoms with Crippen molar-refractivity contribution in [3.05, 3.63) is 84.2 Å².